The van der Waals surface area contributed by atoms with Gasteiger partial charge in [-0.05, 0) is 49.2 Å². The van der Waals surface area contributed by atoms with Gasteiger partial charge in [-0.15, -0.1) is 0 Å². The van der Waals surface area contributed by atoms with Crippen molar-refractivity contribution in [1.82, 2.24) is 0 Å². The number of hydrogen-bond donors (Lipinski definition) is 1. The smallest absolute Gasteiger partial charge is 0.0857 e. The molecule has 18 heavy (non-hydrogen) atoms. The van der Waals surface area contributed by atoms with Gasteiger partial charge in [-0.2, -0.15) is 10.2 Å². The molecule has 2 aromatic rings. The first-order chi connectivity index (χ1) is 8.88. The van der Waals surface area contributed by atoms with Gasteiger partial charge in [0.25, 0.3) is 0 Å². The molecule has 0 atom stereocenters. The van der Waals surface area contributed by atoms with Crippen LogP contribution in [0.15, 0.2) is 64.8 Å². The van der Waals surface area contributed by atoms with Crippen LogP contribution in [0.1, 0.15) is 12.0 Å². The van der Waals surface area contributed by atoms with E-state index < -0.39 is 0 Å². The van der Waals surface area contributed by atoms with Crippen molar-refractivity contribution < 1.29 is 0 Å². The van der Waals surface area contributed by atoms with Gasteiger partial charge in [-0.25, -0.2) is 0 Å². The summed E-state index contributed by atoms with van der Waals surface area (Å²) in [6.45, 7) is 0.732. The van der Waals surface area contributed by atoms with Crippen LogP contribution in [-0.2, 0) is 6.42 Å². The van der Waals surface area contributed by atoms with Crippen molar-refractivity contribution in [1.29, 1.82) is 0 Å². The Labute approximate surface area is 107 Å². The van der Waals surface area contributed by atoms with Gasteiger partial charge in [0.15, 0.2) is 0 Å². The van der Waals surface area contributed by atoms with E-state index in [-0.39, 0.29) is 0 Å². The highest BCUT2D eigenvalue weighted by molar-refractivity contribution is 5.40. The van der Waals surface area contributed by atoms with Crippen LogP contribution in [0.4, 0.5) is 11.4 Å². The molecule has 0 saturated heterocycles. The van der Waals surface area contributed by atoms with E-state index in [1.165, 1.54) is 5.56 Å². The zero-order valence-electron chi connectivity index (χ0n) is 10.3. The molecule has 0 spiro atoms. The topological polar surface area (TPSA) is 50.7 Å². The Morgan fingerprint density at radius 2 is 1.39 bits per heavy atom. The van der Waals surface area contributed by atoms with Crippen molar-refractivity contribution in [3.63, 3.8) is 0 Å². The summed E-state index contributed by atoms with van der Waals surface area (Å²) in [6.07, 6.45) is 2.04. The summed E-state index contributed by atoms with van der Waals surface area (Å²) in [7, 11) is 0. The first-order valence-corrected chi connectivity index (χ1v) is 6.14. The normalized spacial score (nSPS) is 10.9. The monoisotopic (exact) mass is 239 g/mol. The van der Waals surface area contributed by atoms with Crippen LogP contribution in [0.5, 0.6) is 0 Å². The summed E-state index contributed by atoms with van der Waals surface area (Å²) in [6, 6.07) is 17.8. The molecule has 0 aromatic heterocycles. The standard InChI is InChI=1S/C15H17N3/c16-12-4-5-13-8-10-15(11-9-13)18-17-14-6-2-1-3-7-14/h1-3,6-11H,4-5,12,16H2. The number of nitrogens with two attached hydrogens (primary N) is 1. The third-order valence-corrected chi connectivity index (χ3v) is 2.64. The van der Waals surface area contributed by atoms with Crippen LogP contribution >= 0.6 is 0 Å². The predicted octanol–water partition coefficient (Wildman–Crippen LogP) is 3.99. The highest BCUT2D eigenvalue weighted by Crippen LogP contribution is 2.18. The van der Waals surface area contributed by atoms with Crippen molar-refractivity contribution in [3.8, 4) is 0 Å². The molecule has 2 aromatic carbocycles. The maximum Gasteiger partial charge on any atom is 0.0857 e. The fourth-order valence-corrected chi connectivity index (χ4v) is 1.65. The van der Waals surface area contributed by atoms with Gasteiger partial charge < -0.3 is 5.73 Å². The summed E-state index contributed by atoms with van der Waals surface area (Å²) in [4.78, 5) is 0. The van der Waals surface area contributed by atoms with Crippen molar-refractivity contribution in [2.45, 2.75) is 12.8 Å². The molecule has 0 radical (unpaired) electrons. The van der Waals surface area contributed by atoms with E-state index in [1.807, 2.05) is 42.5 Å². The number of nitrogens with zero attached hydrogens (tertiary/aromatic N) is 2. The molecule has 0 bridgehead atoms. The quantitative estimate of drug-likeness (QED) is 0.788. The minimum Gasteiger partial charge on any atom is -0.330 e. The van der Waals surface area contributed by atoms with Gasteiger partial charge in [0.05, 0.1) is 11.4 Å². The number of aryl methyl sites for hydroxylation is 1. The molecule has 0 saturated carbocycles. The van der Waals surface area contributed by atoms with Crippen LogP contribution in [0.2, 0.25) is 0 Å². The molecule has 0 aliphatic heterocycles. The van der Waals surface area contributed by atoms with E-state index in [1.54, 1.807) is 0 Å². The lowest BCUT2D eigenvalue weighted by atomic mass is 10.1. The van der Waals surface area contributed by atoms with Crippen LogP contribution < -0.4 is 5.73 Å². The number of hydrogen-bond acceptors (Lipinski definition) is 3. The Kier molecular flexibility index (Phi) is 4.61. The van der Waals surface area contributed by atoms with Gasteiger partial charge >= 0.3 is 0 Å². The summed E-state index contributed by atoms with van der Waals surface area (Å²) in [5.74, 6) is 0. The molecule has 3 nitrogen and oxygen atoms in total. The summed E-state index contributed by atoms with van der Waals surface area (Å²) in [5, 5.41) is 8.37. The highest BCUT2D eigenvalue weighted by atomic mass is 15.1. The van der Waals surface area contributed by atoms with Gasteiger partial charge in [-0.3, -0.25) is 0 Å². The van der Waals surface area contributed by atoms with Gasteiger partial charge in [0, 0.05) is 0 Å². The first-order valence-electron chi connectivity index (χ1n) is 6.14. The molecule has 0 aliphatic rings. The average Bonchev–Trinajstić information content (AvgIpc) is 2.45. The maximum atomic E-state index is 5.48. The zero-order chi connectivity index (χ0) is 12.6. The molecular weight excluding hydrogens is 222 g/mol. The Balaban J connectivity index is 2.00. The van der Waals surface area contributed by atoms with E-state index in [2.05, 4.69) is 22.4 Å². The lowest BCUT2D eigenvalue weighted by Crippen LogP contribution is -1.99. The van der Waals surface area contributed by atoms with Crippen molar-refractivity contribution >= 4 is 11.4 Å². The van der Waals surface area contributed by atoms with E-state index in [9.17, 15) is 0 Å². The molecular formula is C15H17N3. The molecule has 0 amide bonds. The lowest BCUT2D eigenvalue weighted by molar-refractivity contribution is 0.832. The van der Waals surface area contributed by atoms with Crippen LogP contribution in [0.25, 0.3) is 0 Å². The second-order valence-electron chi connectivity index (χ2n) is 4.09. The molecule has 2 rings (SSSR count). The van der Waals surface area contributed by atoms with Crippen LogP contribution in [0.3, 0.4) is 0 Å². The summed E-state index contributed by atoms with van der Waals surface area (Å²) in [5.41, 5.74) is 8.51. The minimum absolute atomic E-state index is 0.732. The minimum atomic E-state index is 0.732. The Hall–Kier alpha value is -2.00. The number of rotatable bonds is 5. The Morgan fingerprint density at radius 1 is 0.778 bits per heavy atom. The molecule has 92 valence electrons. The molecule has 0 heterocycles. The van der Waals surface area contributed by atoms with Crippen molar-refractivity contribution in [2.24, 2.45) is 16.0 Å². The molecule has 3 heteroatoms. The van der Waals surface area contributed by atoms with Crippen molar-refractivity contribution in [3.05, 3.63) is 60.2 Å². The third-order valence-electron chi connectivity index (χ3n) is 2.64. The summed E-state index contributed by atoms with van der Waals surface area (Å²) >= 11 is 0. The summed E-state index contributed by atoms with van der Waals surface area (Å²) < 4.78 is 0. The molecule has 0 fully saturated rings. The Morgan fingerprint density at radius 3 is 2.00 bits per heavy atom. The SMILES string of the molecule is NCCCc1ccc(N=Nc2ccccc2)cc1. The maximum absolute atomic E-state index is 5.48. The van der Waals surface area contributed by atoms with E-state index >= 15 is 0 Å². The average molecular weight is 239 g/mol. The second-order valence-corrected chi connectivity index (χ2v) is 4.09. The van der Waals surface area contributed by atoms with Gasteiger partial charge in [0.1, 0.15) is 0 Å². The Bertz CT molecular complexity index is 489. The van der Waals surface area contributed by atoms with E-state index in [4.69, 9.17) is 5.73 Å². The highest BCUT2D eigenvalue weighted by Gasteiger charge is 1.93. The van der Waals surface area contributed by atoms with E-state index in [0.29, 0.717) is 0 Å². The van der Waals surface area contributed by atoms with Crippen LogP contribution in [-0.4, -0.2) is 6.54 Å². The van der Waals surface area contributed by atoms with Crippen molar-refractivity contribution in [2.75, 3.05) is 6.54 Å². The fraction of sp³-hybridized carbons (Fsp3) is 0.200. The number of benzene rings is 2. The molecule has 2 N–H and O–H groups in total. The zero-order valence-corrected chi connectivity index (χ0v) is 10.3. The number of azo groups is 1. The largest absolute Gasteiger partial charge is 0.330 e. The van der Waals surface area contributed by atoms with Gasteiger partial charge in [0.2, 0.25) is 0 Å². The van der Waals surface area contributed by atoms with Gasteiger partial charge in [-0.1, -0.05) is 30.3 Å². The van der Waals surface area contributed by atoms with E-state index in [0.717, 1.165) is 30.8 Å². The second kappa shape index (κ2) is 6.67. The molecule has 0 aliphatic carbocycles. The first kappa shape index (κ1) is 12.5. The third kappa shape index (κ3) is 3.79. The van der Waals surface area contributed by atoms with Crippen LogP contribution in [0, 0.1) is 0 Å². The fourth-order valence-electron chi connectivity index (χ4n) is 1.65. The molecule has 0 unspecified atom stereocenters. The lowest BCUT2D eigenvalue weighted by Gasteiger charge is -1.99. The predicted molar refractivity (Wildman–Crippen MR) is 74.4 cm³/mol.